The van der Waals surface area contributed by atoms with Crippen LogP contribution in [0.1, 0.15) is 70.4 Å². The van der Waals surface area contributed by atoms with Crippen molar-refractivity contribution < 1.29 is 0 Å². The third-order valence-corrected chi connectivity index (χ3v) is 3.48. The van der Waals surface area contributed by atoms with E-state index in [9.17, 15) is 0 Å². The minimum Gasteiger partial charge on any atom is -0.320 e. The molecule has 0 bridgehead atoms. The van der Waals surface area contributed by atoms with Gasteiger partial charge in [0.15, 0.2) is 0 Å². The van der Waals surface area contributed by atoms with Gasteiger partial charge in [0, 0.05) is 0 Å². The van der Waals surface area contributed by atoms with E-state index in [1.54, 1.807) is 0 Å². The molecule has 0 unspecified atom stereocenters. The molecular weight excluding hydrogens is 242 g/mol. The second-order valence-electron chi connectivity index (χ2n) is 5.19. The highest BCUT2D eigenvalue weighted by molar-refractivity contribution is 5.22. The number of nitrogens with one attached hydrogen (secondary N) is 1. The monoisotopic (exact) mass is 277 g/mol. The average Bonchev–Trinajstić information content (AvgIpc) is 2.51. The molecule has 20 heavy (non-hydrogen) atoms. The Kier molecular flexibility index (Phi) is 14.0. The number of hydrogen-bond donors (Lipinski definition) is 1. The Hall–Kier alpha value is -0.820. The van der Waals surface area contributed by atoms with Crippen LogP contribution in [0, 0.1) is 0 Å². The van der Waals surface area contributed by atoms with Gasteiger partial charge in [0.25, 0.3) is 0 Å². The molecule has 0 saturated heterocycles. The topological polar surface area (TPSA) is 12.0 Å². The van der Waals surface area contributed by atoms with E-state index in [-0.39, 0.29) is 0 Å². The molecule has 0 fully saturated rings. The molecule has 1 aromatic carbocycles. The summed E-state index contributed by atoms with van der Waals surface area (Å²) in [7, 11) is 2.02. The van der Waals surface area contributed by atoms with E-state index in [1.807, 2.05) is 20.9 Å². The molecule has 0 saturated carbocycles. The molecule has 116 valence electrons. The summed E-state index contributed by atoms with van der Waals surface area (Å²) >= 11 is 0. The number of rotatable bonds is 10. The Morgan fingerprint density at radius 2 is 1.25 bits per heavy atom. The summed E-state index contributed by atoms with van der Waals surface area (Å²) in [6, 6.07) is 9.27. The Balaban J connectivity index is 0.00000172. The van der Waals surface area contributed by atoms with Crippen molar-refractivity contribution in [3.05, 3.63) is 35.4 Å². The molecule has 1 rings (SSSR count). The SMILES string of the molecule is CC.CCCCCCc1ccc(CCCCNC)cc1. The van der Waals surface area contributed by atoms with E-state index in [4.69, 9.17) is 0 Å². The van der Waals surface area contributed by atoms with Crippen molar-refractivity contribution in [3.8, 4) is 0 Å². The highest BCUT2D eigenvalue weighted by atomic mass is 14.8. The number of unbranched alkanes of at least 4 members (excludes halogenated alkanes) is 4. The smallest absolute Gasteiger partial charge is 0.00518 e. The van der Waals surface area contributed by atoms with Crippen molar-refractivity contribution in [2.24, 2.45) is 0 Å². The van der Waals surface area contributed by atoms with Crippen molar-refractivity contribution in [2.45, 2.75) is 72.1 Å². The van der Waals surface area contributed by atoms with Crippen LogP contribution in [-0.4, -0.2) is 13.6 Å². The first-order chi connectivity index (χ1) is 9.86. The zero-order chi connectivity index (χ0) is 15.1. The Bertz CT molecular complexity index is 258. The van der Waals surface area contributed by atoms with Crippen LogP contribution < -0.4 is 5.32 Å². The maximum Gasteiger partial charge on any atom is -0.00518 e. The van der Waals surface area contributed by atoms with Crippen LogP contribution in [0.3, 0.4) is 0 Å². The largest absolute Gasteiger partial charge is 0.320 e. The number of aryl methyl sites for hydroxylation is 2. The van der Waals surface area contributed by atoms with Gasteiger partial charge in [0.2, 0.25) is 0 Å². The molecule has 1 N–H and O–H groups in total. The lowest BCUT2D eigenvalue weighted by molar-refractivity contribution is 0.666. The maximum absolute atomic E-state index is 3.20. The molecule has 0 atom stereocenters. The van der Waals surface area contributed by atoms with Crippen molar-refractivity contribution >= 4 is 0 Å². The summed E-state index contributed by atoms with van der Waals surface area (Å²) in [6.07, 6.45) is 10.5. The van der Waals surface area contributed by atoms with Gasteiger partial charge >= 0.3 is 0 Å². The second kappa shape index (κ2) is 14.6. The first kappa shape index (κ1) is 19.2. The van der Waals surface area contributed by atoms with Crippen LogP contribution >= 0.6 is 0 Å². The zero-order valence-electron chi connectivity index (χ0n) is 14.2. The van der Waals surface area contributed by atoms with Crippen molar-refractivity contribution in [3.63, 3.8) is 0 Å². The van der Waals surface area contributed by atoms with Gasteiger partial charge in [-0.2, -0.15) is 0 Å². The van der Waals surface area contributed by atoms with Gasteiger partial charge in [-0.15, -0.1) is 0 Å². The fraction of sp³-hybridized carbons (Fsp3) is 0.684. The van der Waals surface area contributed by atoms with E-state index in [2.05, 4.69) is 36.5 Å². The predicted octanol–water partition coefficient (Wildman–Crippen LogP) is 5.38. The van der Waals surface area contributed by atoms with E-state index in [0.29, 0.717) is 0 Å². The first-order valence-electron chi connectivity index (χ1n) is 8.59. The van der Waals surface area contributed by atoms with Crippen LogP contribution in [0.4, 0.5) is 0 Å². The van der Waals surface area contributed by atoms with Gasteiger partial charge in [0.05, 0.1) is 0 Å². The van der Waals surface area contributed by atoms with E-state index in [1.165, 1.54) is 62.5 Å². The number of hydrogen-bond acceptors (Lipinski definition) is 1. The van der Waals surface area contributed by atoms with Crippen LogP contribution in [-0.2, 0) is 12.8 Å². The summed E-state index contributed by atoms with van der Waals surface area (Å²) in [5.41, 5.74) is 2.99. The fourth-order valence-electron chi connectivity index (χ4n) is 2.26. The molecule has 0 aromatic heterocycles. The lowest BCUT2D eigenvalue weighted by atomic mass is 10.0. The summed E-state index contributed by atoms with van der Waals surface area (Å²) in [4.78, 5) is 0. The molecule has 0 aliphatic rings. The van der Waals surface area contributed by atoms with Crippen LogP contribution in [0.25, 0.3) is 0 Å². The molecule has 0 amide bonds. The van der Waals surface area contributed by atoms with Gasteiger partial charge in [-0.3, -0.25) is 0 Å². The molecule has 0 spiro atoms. The van der Waals surface area contributed by atoms with E-state index in [0.717, 1.165) is 6.54 Å². The number of benzene rings is 1. The Morgan fingerprint density at radius 3 is 1.70 bits per heavy atom. The van der Waals surface area contributed by atoms with Crippen LogP contribution in [0.5, 0.6) is 0 Å². The lowest BCUT2D eigenvalue weighted by Gasteiger charge is -2.04. The minimum atomic E-state index is 1.13. The van der Waals surface area contributed by atoms with Gasteiger partial charge < -0.3 is 5.32 Å². The molecular formula is C19H35N. The molecule has 0 radical (unpaired) electrons. The molecule has 1 aromatic rings. The second-order valence-corrected chi connectivity index (χ2v) is 5.19. The summed E-state index contributed by atoms with van der Waals surface area (Å²) < 4.78 is 0. The fourth-order valence-corrected chi connectivity index (χ4v) is 2.26. The highest BCUT2D eigenvalue weighted by Crippen LogP contribution is 2.11. The first-order valence-corrected chi connectivity index (χ1v) is 8.59. The van der Waals surface area contributed by atoms with E-state index >= 15 is 0 Å². The third kappa shape index (κ3) is 10.0. The molecule has 1 heteroatoms. The van der Waals surface area contributed by atoms with Gasteiger partial charge in [-0.1, -0.05) is 64.3 Å². The lowest BCUT2D eigenvalue weighted by Crippen LogP contribution is -2.07. The minimum absolute atomic E-state index is 1.13. The molecule has 1 nitrogen and oxygen atoms in total. The zero-order valence-corrected chi connectivity index (χ0v) is 14.2. The van der Waals surface area contributed by atoms with Crippen molar-refractivity contribution in [1.82, 2.24) is 5.32 Å². The Morgan fingerprint density at radius 1 is 0.750 bits per heavy atom. The van der Waals surface area contributed by atoms with Crippen LogP contribution in [0.15, 0.2) is 24.3 Å². The van der Waals surface area contributed by atoms with Crippen molar-refractivity contribution in [1.29, 1.82) is 0 Å². The normalized spacial score (nSPS) is 10.0. The summed E-state index contributed by atoms with van der Waals surface area (Å²) in [5, 5.41) is 3.20. The average molecular weight is 277 g/mol. The molecule has 0 heterocycles. The third-order valence-electron chi connectivity index (χ3n) is 3.48. The van der Waals surface area contributed by atoms with Gasteiger partial charge in [-0.05, 0) is 56.8 Å². The standard InChI is InChI=1S/C17H29N.C2H6/c1-3-4-5-6-9-16-11-13-17(14-12-16)10-7-8-15-18-2;1-2/h11-14,18H,3-10,15H2,1-2H3;1-2H3. The molecule has 0 aliphatic carbocycles. The summed E-state index contributed by atoms with van der Waals surface area (Å²) in [5.74, 6) is 0. The quantitative estimate of drug-likeness (QED) is 0.566. The van der Waals surface area contributed by atoms with E-state index < -0.39 is 0 Å². The van der Waals surface area contributed by atoms with Crippen molar-refractivity contribution in [2.75, 3.05) is 13.6 Å². The Labute approximate surface area is 127 Å². The van der Waals surface area contributed by atoms with Crippen LogP contribution in [0.2, 0.25) is 0 Å². The molecule has 0 aliphatic heterocycles. The predicted molar refractivity (Wildman–Crippen MR) is 92.5 cm³/mol. The van der Waals surface area contributed by atoms with Gasteiger partial charge in [-0.25, -0.2) is 0 Å². The highest BCUT2D eigenvalue weighted by Gasteiger charge is 1.96. The van der Waals surface area contributed by atoms with Gasteiger partial charge in [0.1, 0.15) is 0 Å². The maximum atomic E-state index is 3.20. The summed E-state index contributed by atoms with van der Waals surface area (Å²) in [6.45, 7) is 7.40.